The number of benzene rings is 1. The Kier molecular flexibility index (Phi) is 4.21. The van der Waals surface area contributed by atoms with E-state index < -0.39 is 11.8 Å². The monoisotopic (exact) mass is 386 g/mol. The first-order valence-corrected chi connectivity index (χ1v) is 9.91. The van der Waals surface area contributed by atoms with Gasteiger partial charge in [-0.05, 0) is 31.4 Å². The van der Waals surface area contributed by atoms with Gasteiger partial charge >= 0.3 is 0 Å². The minimum Gasteiger partial charge on any atom is -0.366 e. The summed E-state index contributed by atoms with van der Waals surface area (Å²) in [7, 11) is 0. The summed E-state index contributed by atoms with van der Waals surface area (Å²) in [6.07, 6.45) is 2.61. The van der Waals surface area contributed by atoms with Gasteiger partial charge in [-0.25, -0.2) is 4.39 Å². The van der Waals surface area contributed by atoms with E-state index >= 15 is 4.39 Å². The van der Waals surface area contributed by atoms with Crippen LogP contribution in [0.5, 0.6) is 0 Å². The molecule has 8 heteroatoms. The molecule has 1 aromatic carbocycles. The van der Waals surface area contributed by atoms with Gasteiger partial charge in [-0.2, -0.15) is 0 Å². The first kappa shape index (κ1) is 17.8. The van der Waals surface area contributed by atoms with Crippen molar-refractivity contribution in [2.75, 3.05) is 24.5 Å². The predicted molar refractivity (Wildman–Crippen MR) is 99.7 cm³/mol. The number of ketones is 1. The highest BCUT2D eigenvalue weighted by Gasteiger charge is 2.40. The van der Waals surface area contributed by atoms with Gasteiger partial charge in [-0.1, -0.05) is 0 Å². The van der Waals surface area contributed by atoms with Crippen LogP contribution in [0.1, 0.15) is 35.2 Å². The Morgan fingerprint density at radius 2 is 1.96 bits per heavy atom. The van der Waals surface area contributed by atoms with Gasteiger partial charge < -0.3 is 20.4 Å². The van der Waals surface area contributed by atoms with E-state index in [1.807, 2.05) is 0 Å². The van der Waals surface area contributed by atoms with Crippen molar-refractivity contribution in [3.8, 4) is 0 Å². The Balaban J connectivity index is 1.32. The second-order valence-electron chi connectivity index (χ2n) is 8.27. The molecule has 0 radical (unpaired) electrons. The topological polar surface area (TPSA) is 81.8 Å². The first-order chi connectivity index (χ1) is 13.5. The number of nitrogens with zero attached hydrogens (tertiary/aromatic N) is 2. The predicted octanol–water partition coefficient (Wildman–Crippen LogP) is 0.221. The van der Waals surface area contributed by atoms with E-state index in [0.717, 1.165) is 19.5 Å². The number of amides is 1. The van der Waals surface area contributed by atoms with Gasteiger partial charge in [0.05, 0.1) is 18.3 Å². The summed E-state index contributed by atoms with van der Waals surface area (Å²) in [5.74, 6) is -0.901. The van der Waals surface area contributed by atoms with E-state index in [2.05, 4.69) is 15.5 Å². The van der Waals surface area contributed by atoms with Crippen LogP contribution in [0.25, 0.3) is 0 Å². The lowest BCUT2D eigenvalue weighted by atomic mass is 9.90. The smallest absolute Gasteiger partial charge is 0.254 e. The Labute approximate surface area is 162 Å². The van der Waals surface area contributed by atoms with Crippen LogP contribution in [0.4, 0.5) is 10.1 Å². The molecule has 7 nitrogen and oxygen atoms in total. The highest BCUT2D eigenvalue weighted by molar-refractivity contribution is 6.27. The Hall–Kier alpha value is -2.32. The fourth-order valence-corrected chi connectivity index (χ4v) is 5.04. The van der Waals surface area contributed by atoms with E-state index in [-0.39, 0.29) is 24.3 Å². The van der Waals surface area contributed by atoms with Crippen LogP contribution in [-0.4, -0.2) is 66.7 Å². The average molecular weight is 386 g/mol. The molecule has 2 N–H and O–H groups in total. The normalized spacial score (nSPS) is 31.4. The van der Waals surface area contributed by atoms with Crippen molar-refractivity contribution in [3.05, 3.63) is 29.1 Å². The first-order valence-electron chi connectivity index (χ1n) is 9.91. The lowest BCUT2D eigenvalue weighted by molar-refractivity contribution is -0.131. The van der Waals surface area contributed by atoms with Crippen molar-refractivity contribution in [1.29, 1.82) is 0 Å². The maximum atomic E-state index is 15.3. The molecule has 0 aromatic heterocycles. The van der Waals surface area contributed by atoms with Crippen LogP contribution in [-0.2, 0) is 16.1 Å². The van der Waals surface area contributed by atoms with Gasteiger partial charge in [0.1, 0.15) is 0 Å². The minimum atomic E-state index is -0.476. The van der Waals surface area contributed by atoms with Gasteiger partial charge in [-0.15, -0.1) is 0 Å². The Morgan fingerprint density at radius 1 is 1.21 bits per heavy atom. The van der Waals surface area contributed by atoms with Gasteiger partial charge in [0.25, 0.3) is 5.91 Å². The zero-order valence-corrected chi connectivity index (χ0v) is 15.5. The number of carbonyl (C=O) groups is 3. The molecule has 4 saturated heterocycles. The largest absolute Gasteiger partial charge is 0.366 e. The molecule has 1 amide bonds. The van der Waals surface area contributed by atoms with E-state index in [0.29, 0.717) is 54.6 Å². The van der Waals surface area contributed by atoms with Crippen molar-refractivity contribution in [2.45, 2.75) is 50.0 Å². The molecule has 1 aromatic rings. The second-order valence-corrected chi connectivity index (χ2v) is 8.27. The molecule has 6 rings (SSSR count). The number of fused-ring (bicyclic) bond motifs is 3. The summed E-state index contributed by atoms with van der Waals surface area (Å²) in [5.41, 5.74) is 1.50. The van der Waals surface area contributed by atoms with Crippen molar-refractivity contribution in [3.63, 3.8) is 0 Å². The minimum absolute atomic E-state index is 0.106. The van der Waals surface area contributed by atoms with Crippen molar-refractivity contribution < 1.29 is 18.8 Å². The molecule has 5 heterocycles. The molecular formula is C20H23FN4O3. The number of hydrogen-bond acceptors (Lipinski definition) is 6. The summed E-state index contributed by atoms with van der Waals surface area (Å²) < 4.78 is 15.3. The molecular weight excluding hydrogens is 363 g/mol. The third kappa shape index (κ3) is 2.74. The molecule has 2 bridgehead atoms. The summed E-state index contributed by atoms with van der Waals surface area (Å²) in [6, 6.07) is 3.76. The summed E-state index contributed by atoms with van der Waals surface area (Å²) in [4.78, 5) is 38.8. The molecule has 4 fully saturated rings. The Bertz CT molecular complexity index is 836. The zero-order chi connectivity index (χ0) is 19.4. The lowest BCUT2D eigenvalue weighted by Crippen LogP contribution is -2.67. The van der Waals surface area contributed by atoms with Crippen molar-refractivity contribution in [1.82, 2.24) is 15.5 Å². The number of rotatable bonds is 4. The molecule has 148 valence electrons. The average Bonchev–Trinajstić information content (AvgIpc) is 3.05. The number of hydrogen-bond donors (Lipinski definition) is 2. The number of aldehydes is 1. The van der Waals surface area contributed by atoms with Crippen LogP contribution in [0.2, 0.25) is 0 Å². The third-order valence-corrected chi connectivity index (χ3v) is 6.59. The number of carbonyl (C=O) groups excluding carboxylic acids is 3. The summed E-state index contributed by atoms with van der Waals surface area (Å²) in [5, 5.41) is 6.49. The van der Waals surface area contributed by atoms with E-state index in [4.69, 9.17) is 0 Å². The number of anilines is 1. The second kappa shape index (κ2) is 6.63. The molecule has 5 aliphatic heterocycles. The van der Waals surface area contributed by atoms with Crippen LogP contribution < -0.4 is 15.5 Å². The SMILES string of the molecule is O=CC(=O)C1CCC(N2Cc3c(ccc(N4CC5CC(C4)N5)c3F)C2=O)CN1. The number of Topliss-reactive ketones (excluding diaryl/α,β-unsaturated/α-hetero) is 1. The number of piperidine rings is 2. The highest BCUT2D eigenvalue weighted by Crippen LogP contribution is 2.35. The fourth-order valence-electron chi connectivity index (χ4n) is 5.04. The van der Waals surface area contributed by atoms with Crippen LogP contribution >= 0.6 is 0 Å². The quantitative estimate of drug-likeness (QED) is 0.569. The number of halogens is 1. The lowest BCUT2D eigenvalue weighted by Gasteiger charge is -2.49. The molecule has 0 saturated carbocycles. The van der Waals surface area contributed by atoms with Crippen LogP contribution in [0, 0.1) is 5.82 Å². The van der Waals surface area contributed by atoms with E-state index in [1.54, 1.807) is 17.0 Å². The van der Waals surface area contributed by atoms with Crippen LogP contribution in [0.15, 0.2) is 12.1 Å². The molecule has 5 aliphatic rings. The van der Waals surface area contributed by atoms with Gasteiger partial charge in [0.2, 0.25) is 5.78 Å². The van der Waals surface area contributed by atoms with Crippen molar-refractivity contribution >= 4 is 23.7 Å². The maximum absolute atomic E-state index is 15.3. The third-order valence-electron chi connectivity index (χ3n) is 6.59. The molecule has 4 unspecified atom stereocenters. The van der Waals surface area contributed by atoms with Gasteiger partial charge in [0, 0.05) is 48.9 Å². The number of piperazine rings is 1. The van der Waals surface area contributed by atoms with Gasteiger partial charge in [0.15, 0.2) is 12.1 Å². The zero-order valence-electron chi connectivity index (χ0n) is 15.5. The summed E-state index contributed by atoms with van der Waals surface area (Å²) in [6.45, 7) is 2.27. The number of nitrogens with one attached hydrogen (secondary N) is 2. The van der Waals surface area contributed by atoms with E-state index in [1.165, 1.54) is 0 Å². The molecule has 4 atom stereocenters. The molecule has 0 aliphatic carbocycles. The molecule has 0 spiro atoms. The maximum Gasteiger partial charge on any atom is 0.254 e. The molecule has 28 heavy (non-hydrogen) atoms. The fraction of sp³-hybridized carbons (Fsp3) is 0.550. The summed E-state index contributed by atoms with van der Waals surface area (Å²) >= 11 is 0. The van der Waals surface area contributed by atoms with Gasteiger partial charge in [-0.3, -0.25) is 14.4 Å². The van der Waals surface area contributed by atoms with Crippen molar-refractivity contribution in [2.24, 2.45) is 0 Å². The van der Waals surface area contributed by atoms with E-state index in [9.17, 15) is 14.4 Å². The van der Waals surface area contributed by atoms with Crippen LogP contribution in [0.3, 0.4) is 0 Å². The standard InChI is InChI=1S/C20H23FN4O3/c21-19-15-9-25(13-1-3-16(22-6-13)18(27)10-26)20(28)14(15)2-4-17(19)24-7-11-5-12(8-24)23-11/h2,4,10-13,16,22-23H,1,3,5-9H2. The Morgan fingerprint density at radius 3 is 2.61 bits per heavy atom. The highest BCUT2D eigenvalue weighted by atomic mass is 19.1.